The SMILES string of the molecule is Cc1ccc(CNC(=O)c2c(C)c3c(=O)[nH]ncn3c2C)cc1. The van der Waals surface area contributed by atoms with Gasteiger partial charge in [0.05, 0.1) is 5.56 Å². The van der Waals surface area contributed by atoms with E-state index in [1.807, 2.05) is 38.1 Å². The number of amides is 1. The van der Waals surface area contributed by atoms with Gasteiger partial charge < -0.3 is 5.32 Å². The number of aryl methyl sites for hydroxylation is 3. The van der Waals surface area contributed by atoms with Crippen LogP contribution in [0.2, 0.25) is 0 Å². The average molecular weight is 310 g/mol. The van der Waals surface area contributed by atoms with E-state index < -0.39 is 0 Å². The number of nitrogens with zero attached hydrogens (tertiary/aromatic N) is 2. The maximum absolute atomic E-state index is 12.6. The summed E-state index contributed by atoms with van der Waals surface area (Å²) < 4.78 is 1.65. The average Bonchev–Trinajstić information content (AvgIpc) is 2.79. The summed E-state index contributed by atoms with van der Waals surface area (Å²) in [6, 6.07) is 7.99. The smallest absolute Gasteiger partial charge is 0.288 e. The van der Waals surface area contributed by atoms with Gasteiger partial charge in [0.15, 0.2) is 0 Å². The Morgan fingerprint density at radius 2 is 1.91 bits per heavy atom. The Hall–Kier alpha value is -2.89. The summed E-state index contributed by atoms with van der Waals surface area (Å²) in [6.07, 6.45) is 1.51. The van der Waals surface area contributed by atoms with E-state index in [0.717, 1.165) is 5.56 Å². The van der Waals surface area contributed by atoms with Gasteiger partial charge in [-0.2, -0.15) is 5.10 Å². The van der Waals surface area contributed by atoms with Crippen molar-refractivity contribution in [1.29, 1.82) is 0 Å². The lowest BCUT2D eigenvalue weighted by molar-refractivity contribution is 0.0950. The summed E-state index contributed by atoms with van der Waals surface area (Å²) in [5.41, 5.74) is 4.25. The Morgan fingerprint density at radius 1 is 1.22 bits per heavy atom. The molecule has 6 nitrogen and oxygen atoms in total. The van der Waals surface area contributed by atoms with Gasteiger partial charge in [-0.25, -0.2) is 5.10 Å². The van der Waals surface area contributed by atoms with Crippen molar-refractivity contribution in [3.8, 4) is 0 Å². The van der Waals surface area contributed by atoms with Crippen LogP contribution in [-0.4, -0.2) is 20.5 Å². The normalized spacial score (nSPS) is 10.9. The van der Waals surface area contributed by atoms with Crippen molar-refractivity contribution < 1.29 is 4.79 Å². The molecule has 0 atom stereocenters. The van der Waals surface area contributed by atoms with Crippen molar-refractivity contribution >= 4 is 11.4 Å². The lowest BCUT2D eigenvalue weighted by atomic mass is 10.1. The van der Waals surface area contributed by atoms with E-state index in [1.165, 1.54) is 11.9 Å². The molecule has 3 rings (SSSR count). The molecule has 1 aromatic carbocycles. The summed E-state index contributed by atoms with van der Waals surface area (Å²) in [5.74, 6) is -0.191. The number of benzene rings is 1. The summed E-state index contributed by atoms with van der Waals surface area (Å²) in [7, 11) is 0. The van der Waals surface area contributed by atoms with Crippen molar-refractivity contribution in [3.05, 3.63) is 68.9 Å². The number of aromatic nitrogens is 3. The third-order valence-corrected chi connectivity index (χ3v) is 4.05. The Labute approximate surface area is 133 Å². The summed E-state index contributed by atoms with van der Waals surface area (Å²) in [4.78, 5) is 24.5. The molecule has 6 heteroatoms. The largest absolute Gasteiger partial charge is 0.348 e. The van der Waals surface area contributed by atoms with Gasteiger partial charge in [0.2, 0.25) is 0 Å². The maximum Gasteiger partial charge on any atom is 0.288 e. The van der Waals surface area contributed by atoms with Crippen molar-refractivity contribution in [2.45, 2.75) is 27.3 Å². The monoisotopic (exact) mass is 310 g/mol. The van der Waals surface area contributed by atoms with Crippen LogP contribution in [0, 0.1) is 20.8 Å². The highest BCUT2D eigenvalue weighted by atomic mass is 16.1. The van der Waals surface area contributed by atoms with Crippen LogP contribution in [0.15, 0.2) is 35.4 Å². The van der Waals surface area contributed by atoms with Gasteiger partial charge in [-0.1, -0.05) is 29.8 Å². The van der Waals surface area contributed by atoms with Crippen molar-refractivity contribution in [2.75, 3.05) is 0 Å². The second-order valence-electron chi connectivity index (χ2n) is 5.66. The maximum atomic E-state index is 12.6. The molecule has 0 saturated heterocycles. The zero-order valence-electron chi connectivity index (χ0n) is 13.3. The van der Waals surface area contributed by atoms with Crippen LogP contribution in [0.25, 0.3) is 5.52 Å². The number of H-pyrrole nitrogens is 1. The quantitative estimate of drug-likeness (QED) is 0.775. The molecule has 0 aliphatic carbocycles. The summed E-state index contributed by atoms with van der Waals surface area (Å²) >= 11 is 0. The molecular weight excluding hydrogens is 292 g/mol. The lowest BCUT2D eigenvalue weighted by Crippen LogP contribution is -2.23. The van der Waals surface area contributed by atoms with E-state index in [9.17, 15) is 9.59 Å². The highest BCUT2D eigenvalue weighted by Gasteiger charge is 2.20. The fourth-order valence-corrected chi connectivity index (χ4v) is 2.79. The first-order valence-electron chi connectivity index (χ1n) is 7.37. The van der Waals surface area contributed by atoms with Gasteiger partial charge in [0, 0.05) is 12.2 Å². The third kappa shape index (κ3) is 2.63. The Bertz CT molecular complexity index is 936. The first-order chi connectivity index (χ1) is 11.0. The Morgan fingerprint density at radius 3 is 2.57 bits per heavy atom. The number of hydrogen-bond acceptors (Lipinski definition) is 3. The van der Waals surface area contributed by atoms with Gasteiger partial charge in [-0.3, -0.25) is 14.0 Å². The molecule has 2 aromatic heterocycles. The van der Waals surface area contributed by atoms with E-state index in [0.29, 0.717) is 28.9 Å². The fraction of sp³-hybridized carbons (Fsp3) is 0.235. The number of fused-ring (bicyclic) bond motifs is 1. The van der Waals surface area contributed by atoms with Crippen LogP contribution in [-0.2, 0) is 6.54 Å². The molecule has 3 aromatic rings. The Kier molecular flexibility index (Phi) is 3.73. The van der Waals surface area contributed by atoms with Gasteiger partial charge in [0.25, 0.3) is 11.5 Å². The first kappa shape index (κ1) is 15.0. The highest BCUT2D eigenvalue weighted by Crippen LogP contribution is 2.19. The van der Waals surface area contributed by atoms with Crippen LogP contribution in [0.4, 0.5) is 0 Å². The van der Waals surface area contributed by atoms with E-state index in [1.54, 1.807) is 11.3 Å². The van der Waals surface area contributed by atoms with Gasteiger partial charge in [-0.15, -0.1) is 0 Å². The predicted octanol–water partition coefficient (Wildman–Crippen LogP) is 1.88. The van der Waals surface area contributed by atoms with Crippen LogP contribution in [0.3, 0.4) is 0 Å². The molecule has 0 spiro atoms. The zero-order chi connectivity index (χ0) is 16.6. The molecule has 0 bridgehead atoms. The van der Waals surface area contributed by atoms with Crippen molar-refractivity contribution in [1.82, 2.24) is 19.9 Å². The second-order valence-corrected chi connectivity index (χ2v) is 5.66. The lowest BCUT2D eigenvalue weighted by Gasteiger charge is -2.06. The van der Waals surface area contributed by atoms with Gasteiger partial charge >= 0.3 is 0 Å². The number of carbonyl (C=O) groups is 1. The van der Waals surface area contributed by atoms with Crippen molar-refractivity contribution in [3.63, 3.8) is 0 Å². The molecule has 0 unspecified atom stereocenters. The molecule has 0 aliphatic rings. The van der Waals surface area contributed by atoms with E-state index >= 15 is 0 Å². The molecule has 0 saturated carbocycles. The molecule has 1 amide bonds. The summed E-state index contributed by atoms with van der Waals surface area (Å²) in [5, 5.41) is 9.09. The standard InChI is InChI=1S/C17H18N4O2/c1-10-4-6-13(7-5-10)8-18-16(22)14-11(2)15-17(23)20-19-9-21(15)12(14)3/h4-7,9H,8H2,1-3H3,(H,18,22)(H,20,23). The number of carbonyl (C=O) groups excluding carboxylic acids is 1. The molecule has 23 heavy (non-hydrogen) atoms. The number of hydrogen-bond donors (Lipinski definition) is 2. The minimum atomic E-state index is -0.300. The molecular formula is C17H18N4O2. The van der Waals surface area contributed by atoms with Crippen LogP contribution in [0.5, 0.6) is 0 Å². The summed E-state index contributed by atoms with van der Waals surface area (Å²) in [6.45, 7) is 6.05. The number of nitrogens with one attached hydrogen (secondary N) is 2. The van der Waals surface area contributed by atoms with E-state index in [4.69, 9.17) is 0 Å². The zero-order valence-corrected chi connectivity index (χ0v) is 13.3. The molecule has 118 valence electrons. The first-order valence-corrected chi connectivity index (χ1v) is 7.37. The van der Waals surface area contributed by atoms with Crippen molar-refractivity contribution in [2.24, 2.45) is 0 Å². The topological polar surface area (TPSA) is 79.3 Å². The third-order valence-electron chi connectivity index (χ3n) is 4.05. The van der Waals surface area contributed by atoms with Crippen LogP contribution >= 0.6 is 0 Å². The highest BCUT2D eigenvalue weighted by molar-refractivity contribution is 5.99. The minimum absolute atomic E-state index is 0.191. The van der Waals surface area contributed by atoms with Crippen LogP contribution in [0.1, 0.15) is 32.7 Å². The molecule has 2 N–H and O–H groups in total. The molecule has 0 fully saturated rings. The predicted molar refractivity (Wildman–Crippen MR) is 87.6 cm³/mol. The van der Waals surface area contributed by atoms with Crippen LogP contribution < -0.4 is 10.9 Å². The Balaban J connectivity index is 1.91. The van der Waals surface area contributed by atoms with Gasteiger partial charge in [0.1, 0.15) is 11.8 Å². The van der Waals surface area contributed by atoms with Gasteiger partial charge in [-0.05, 0) is 31.9 Å². The minimum Gasteiger partial charge on any atom is -0.348 e. The molecule has 0 radical (unpaired) electrons. The van der Waals surface area contributed by atoms with E-state index in [2.05, 4.69) is 15.5 Å². The molecule has 0 aliphatic heterocycles. The second kappa shape index (κ2) is 5.72. The fourth-order valence-electron chi connectivity index (χ4n) is 2.79. The number of rotatable bonds is 3. The van der Waals surface area contributed by atoms with E-state index in [-0.39, 0.29) is 11.5 Å². The molecule has 2 heterocycles. The number of aromatic amines is 1.